The summed E-state index contributed by atoms with van der Waals surface area (Å²) in [6, 6.07) is 14.1. The van der Waals surface area contributed by atoms with Gasteiger partial charge in [0.2, 0.25) is 0 Å². The molecule has 0 aliphatic rings. The summed E-state index contributed by atoms with van der Waals surface area (Å²) in [7, 11) is 1.70. The van der Waals surface area contributed by atoms with Crippen molar-refractivity contribution in [1.29, 1.82) is 0 Å². The molecule has 0 spiro atoms. The van der Waals surface area contributed by atoms with E-state index >= 15 is 0 Å². The zero-order chi connectivity index (χ0) is 16.7. The number of thiazole rings is 1. The molecule has 0 saturated heterocycles. The molecular weight excluding hydrogens is 320 g/mol. The van der Waals surface area contributed by atoms with E-state index in [-0.39, 0.29) is 6.10 Å². The number of aromatic nitrogens is 2. The van der Waals surface area contributed by atoms with Crippen molar-refractivity contribution in [2.75, 3.05) is 7.11 Å². The number of benzene rings is 2. The summed E-state index contributed by atoms with van der Waals surface area (Å²) in [5.41, 5.74) is 3.09. The molecule has 2 heterocycles. The number of nitrogens with zero attached hydrogens (tertiary/aromatic N) is 2. The first-order chi connectivity index (χ1) is 11.7. The van der Waals surface area contributed by atoms with E-state index in [1.165, 1.54) is 4.70 Å². The van der Waals surface area contributed by atoms with Gasteiger partial charge in [-0.3, -0.25) is 4.40 Å². The Morgan fingerprint density at radius 2 is 1.88 bits per heavy atom. The minimum atomic E-state index is 0.174. The van der Waals surface area contributed by atoms with Crippen molar-refractivity contribution in [3.05, 3.63) is 48.7 Å². The molecule has 0 aliphatic heterocycles. The molecule has 2 aromatic carbocycles. The molecule has 0 aliphatic carbocycles. The van der Waals surface area contributed by atoms with E-state index in [1.807, 2.05) is 50.2 Å². The van der Waals surface area contributed by atoms with Crippen molar-refractivity contribution in [2.45, 2.75) is 20.0 Å². The lowest BCUT2D eigenvalue weighted by atomic mass is 10.1. The first kappa shape index (κ1) is 15.0. The Bertz CT molecular complexity index is 999. The molecule has 0 atom stereocenters. The molecule has 0 fully saturated rings. The highest BCUT2D eigenvalue weighted by molar-refractivity contribution is 7.23. The number of ether oxygens (including phenoxy) is 2. The summed E-state index contributed by atoms with van der Waals surface area (Å²) in [6.45, 7) is 4.05. The van der Waals surface area contributed by atoms with Crippen LogP contribution in [0, 0.1) is 0 Å². The van der Waals surface area contributed by atoms with E-state index in [0.29, 0.717) is 0 Å². The summed E-state index contributed by atoms with van der Waals surface area (Å²) in [5.74, 6) is 1.74. The summed E-state index contributed by atoms with van der Waals surface area (Å²) < 4.78 is 14.5. The molecule has 0 unspecified atom stereocenters. The Hall–Kier alpha value is -2.53. The first-order valence-corrected chi connectivity index (χ1v) is 8.69. The quantitative estimate of drug-likeness (QED) is 0.524. The lowest BCUT2D eigenvalue weighted by Gasteiger charge is -2.09. The molecule has 0 saturated carbocycles. The van der Waals surface area contributed by atoms with Crippen LogP contribution in [0.3, 0.4) is 0 Å². The van der Waals surface area contributed by atoms with Gasteiger partial charge in [-0.05, 0) is 50.2 Å². The lowest BCUT2D eigenvalue weighted by molar-refractivity contribution is 0.242. The Morgan fingerprint density at radius 1 is 1.08 bits per heavy atom. The fraction of sp³-hybridized carbons (Fsp3) is 0.211. The van der Waals surface area contributed by atoms with Crippen LogP contribution in [0.1, 0.15) is 13.8 Å². The highest BCUT2D eigenvalue weighted by atomic mass is 32.1. The van der Waals surface area contributed by atoms with E-state index in [2.05, 4.69) is 16.7 Å². The van der Waals surface area contributed by atoms with Gasteiger partial charge in [0.1, 0.15) is 17.0 Å². The van der Waals surface area contributed by atoms with Gasteiger partial charge in [0.05, 0.1) is 23.6 Å². The molecule has 24 heavy (non-hydrogen) atoms. The third-order valence-electron chi connectivity index (χ3n) is 3.82. The molecule has 4 rings (SSSR count). The van der Waals surface area contributed by atoms with Gasteiger partial charge in [0, 0.05) is 11.8 Å². The van der Waals surface area contributed by atoms with Crippen molar-refractivity contribution in [1.82, 2.24) is 9.38 Å². The van der Waals surface area contributed by atoms with Crippen molar-refractivity contribution < 1.29 is 9.47 Å². The standard InChI is InChI=1S/C19H18N2O2S/c1-12(2)23-14-9-7-13(8-10-14)15-11-21-18-16(22-3)5-4-6-17(18)24-19(21)20-15/h4-12H,1-3H3. The lowest BCUT2D eigenvalue weighted by Crippen LogP contribution is -2.05. The molecule has 0 radical (unpaired) electrons. The van der Waals surface area contributed by atoms with Gasteiger partial charge in [-0.2, -0.15) is 0 Å². The van der Waals surface area contributed by atoms with Crippen LogP contribution in [0.2, 0.25) is 0 Å². The third kappa shape index (κ3) is 2.51. The minimum Gasteiger partial charge on any atom is -0.495 e. The van der Waals surface area contributed by atoms with Crippen LogP contribution in [-0.4, -0.2) is 22.6 Å². The number of imidazole rings is 1. The number of fused-ring (bicyclic) bond motifs is 3. The SMILES string of the molecule is COc1cccc2sc3nc(-c4ccc(OC(C)C)cc4)cn3c12. The summed E-state index contributed by atoms with van der Waals surface area (Å²) >= 11 is 1.67. The number of hydrogen-bond donors (Lipinski definition) is 0. The zero-order valence-electron chi connectivity index (χ0n) is 13.8. The van der Waals surface area contributed by atoms with E-state index < -0.39 is 0 Å². The molecule has 122 valence electrons. The fourth-order valence-corrected chi connectivity index (χ4v) is 3.82. The monoisotopic (exact) mass is 338 g/mol. The van der Waals surface area contributed by atoms with Gasteiger partial charge in [0.25, 0.3) is 0 Å². The average Bonchev–Trinajstić information content (AvgIpc) is 3.12. The zero-order valence-corrected chi connectivity index (χ0v) is 14.6. The smallest absolute Gasteiger partial charge is 0.195 e. The van der Waals surface area contributed by atoms with Gasteiger partial charge in [0.15, 0.2) is 4.96 Å². The van der Waals surface area contributed by atoms with Crippen LogP contribution in [-0.2, 0) is 0 Å². The highest BCUT2D eigenvalue weighted by Crippen LogP contribution is 2.34. The minimum absolute atomic E-state index is 0.174. The van der Waals surface area contributed by atoms with Gasteiger partial charge < -0.3 is 9.47 Å². The Morgan fingerprint density at radius 3 is 2.58 bits per heavy atom. The number of hydrogen-bond acceptors (Lipinski definition) is 4. The topological polar surface area (TPSA) is 35.8 Å². The van der Waals surface area contributed by atoms with Crippen LogP contribution in [0.5, 0.6) is 11.5 Å². The largest absolute Gasteiger partial charge is 0.495 e. The van der Waals surface area contributed by atoms with E-state index in [1.54, 1.807) is 18.4 Å². The highest BCUT2D eigenvalue weighted by Gasteiger charge is 2.13. The van der Waals surface area contributed by atoms with Gasteiger partial charge in [-0.15, -0.1) is 0 Å². The second-order valence-corrected chi connectivity index (χ2v) is 6.89. The number of methoxy groups -OCH3 is 1. The Labute approximate surface area is 144 Å². The molecular formula is C19H18N2O2S. The molecule has 0 N–H and O–H groups in total. The van der Waals surface area contributed by atoms with E-state index in [9.17, 15) is 0 Å². The van der Waals surface area contributed by atoms with Crippen LogP contribution < -0.4 is 9.47 Å². The van der Waals surface area contributed by atoms with Crippen molar-refractivity contribution in [3.8, 4) is 22.8 Å². The van der Waals surface area contributed by atoms with Crippen LogP contribution in [0.25, 0.3) is 26.4 Å². The van der Waals surface area contributed by atoms with Gasteiger partial charge in [-0.1, -0.05) is 17.4 Å². The van der Waals surface area contributed by atoms with Crippen LogP contribution in [0.4, 0.5) is 0 Å². The number of rotatable bonds is 4. The van der Waals surface area contributed by atoms with Crippen molar-refractivity contribution in [3.63, 3.8) is 0 Å². The molecule has 4 nitrogen and oxygen atoms in total. The summed E-state index contributed by atoms with van der Waals surface area (Å²) in [5, 5.41) is 0. The predicted octanol–water partition coefficient (Wildman–Crippen LogP) is 5.01. The second kappa shape index (κ2) is 5.83. The molecule has 0 bridgehead atoms. The maximum atomic E-state index is 5.70. The maximum absolute atomic E-state index is 5.70. The maximum Gasteiger partial charge on any atom is 0.195 e. The van der Waals surface area contributed by atoms with E-state index in [4.69, 9.17) is 14.5 Å². The molecule has 2 aromatic heterocycles. The first-order valence-electron chi connectivity index (χ1n) is 7.87. The van der Waals surface area contributed by atoms with Crippen LogP contribution in [0.15, 0.2) is 48.7 Å². The number of para-hydroxylation sites is 1. The Balaban J connectivity index is 1.78. The summed E-state index contributed by atoms with van der Waals surface area (Å²) in [6.07, 6.45) is 2.24. The predicted molar refractivity (Wildman–Crippen MR) is 98.3 cm³/mol. The van der Waals surface area contributed by atoms with Gasteiger partial charge >= 0.3 is 0 Å². The molecule has 5 heteroatoms. The fourth-order valence-electron chi connectivity index (χ4n) is 2.80. The van der Waals surface area contributed by atoms with Crippen LogP contribution >= 0.6 is 11.3 Å². The van der Waals surface area contributed by atoms with Crippen molar-refractivity contribution >= 4 is 26.5 Å². The summed E-state index contributed by atoms with van der Waals surface area (Å²) in [4.78, 5) is 5.74. The normalized spacial score (nSPS) is 11.5. The third-order valence-corrected chi connectivity index (χ3v) is 4.84. The Kier molecular flexibility index (Phi) is 3.65. The second-order valence-electron chi connectivity index (χ2n) is 5.88. The van der Waals surface area contributed by atoms with Gasteiger partial charge in [-0.25, -0.2) is 4.98 Å². The van der Waals surface area contributed by atoms with E-state index in [0.717, 1.165) is 33.2 Å². The average molecular weight is 338 g/mol. The van der Waals surface area contributed by atoms with Crippen molar-refractivity contribution in [2.24, 2.45) is 0 Å². The molecule has 0 amide bonds. The molecule has 4 aromatic rings.